The van der Waals surface area contributed by atoms with E-state index in [1.165, 1.54) is 18.3 Å². The Morgan fingerprint density at radius 3 is 2.64 bits per heavy atom. The van der Waals surface area contributed by atoms with Crippen molar-refractivity contribution in [3.63, 3.8) is 0 Å². The van der Waals surface area contributed by atoms with E-state index in [4.69, 9.17) is 0 Å². The molecule has 0 spiro atoms. The number of rotatable bonds is 5. The first-order valence-electron chi connectivity index (χ1n) is 7.13. The monoisotopic (exact) mass is 316 g/mol. The molecule has 2 rings (SSSR count). The van der Waals surface area contributed by atoms with E-state index < -0.39 is 0 Å². The molecule has 0 saturated heterocycles. The Balaban J connectivity index is 2.08. The lowest BCUT2D eigenvalue weighted by Crippen LogP contribution is -2.29. The third kappa shape index (κ3) is 4.43. The molecule has 0 fully saturated rings. The average molecular weight is 316 g/mol. The smallest absolute Gasteiger partial charge is 0.226 e. The molecule has 22 heavy (non-hydrogen) atoms. The predicted octanol–water partition coefficient (Wildman–Crippen LogP) is 3.57. The van der Waals surface area contributed by atoms with Crippen LogP contribution in [0.15, 0.2) is 35.7 Å². The number of hydrogen-bond donors (Lipinski definition) is 2. The maximum Gasteiger partial charge on any atom is 0.226 e. The van der Waals surface area contributed by atoms with E-state index in [1.807, 2.05) is 49.6 Å². The second kappa shape index (κ2) is 7.22. The molecule has 4 nitrogen and oxygen atoms in total. The minimum atomic E-state index is -0.289. The van der Waals surface area contributed by atoms with Gasteiger partial charge in [0, 0.05) is 17.5 Å². The number of aryl methyl sites for hydroxylation is 2. The zero-order valence-electron chi connectivity index (χ0n) is 13.0. The number of thiophene rings is 1. The molecule has 0 bridgehead atoms. The van der Waals surface area contributed by atoms with Crippen molar-refractivity contribution >= 4 is 28.8 Å². The lowest BCUT2D eigenvalue weighted by Gasteiger charge is -2.17. The summed E-state index contributed by atoms with van der Waals surface area (Å²) < 4.78 is 0. The number of anilines is 1. The molecule has 0 aliphatic rings. The summed E-state index contributed by atoms with van der Waals surface area (Å²) in [6.07, 6.45) is 0.216. The lowest BCUT2D eigenvalue weighted by molar-refractivity contribution is -0.120. The fourth-order valence-electron chi connectivity index (χ4n) is 2.21. The van der Waals surface area contributed by atoms with Crippen molar-refractivity contribution in [2.45, 2.75) is 33.2 Å². The number of nitrogens with one attached hydrogen (secondary N) is 2. The summed E-state index contributed by atoms with van der Waals surface area (Å²) >= 11 is 1.53. The SMILES string of the molecule is CC(=O)NC(CC(=O)Nc1cc(C)ccc1C)c1cccs1. The quantitative estimate of drug-likeness (QED) is 0.886. The van der Waals surface area contributed by atoms with Gasteiger partial charge in [-0.25, -0.2) is 0 Å². The van der Waals surface area contributed by atoms with Crippen molar-refractivity contribution in [2.75, 3.05) is 5.32 Å². The Morgan fingerprint density at radius 1 is 1.23 bits per heavy atom. The molecule has 2 amide bonds. The maximum absolute atomic E-state index is 12.3. The van der Waals surface area contributed by atoms with Crippen LogP contribution >= 0.6 is 11.3 Å². The summed E-state index contributed by atoms with van der Waals surface area (Å²) in [4.78, 5) is 24.6. The van der Waals surface area contributed by atoms with Crippen LogP contribution in [0.3, 0.4) is 0 Å². The summed E-state index contributed by atoms with van der Waals surface area (Å²) in [5, 5.41) is 7.70. The fraction of sp³-hybridized carbons (Fsp3) is 0.294. The van der Waals surface area contributed by atoms with Crippen molar-refractivity contribution in [3.8, 4) is 0 Å². The zero-order valence-corrected chi connectivity index (χ0v) is 13.8. The zero-order chi connectivity index (χ0) is 16.1. The Labute approximate surface area is 134 Å². The van der Waals surface area contributed by atoms with Gasteiger partial charge in [-0.3, -0.25) is 9.59 Å². The van der Waals surface area contributed by atoms with Crippen LogP contribution in [0.2, 0.25) is 0 Å². The first-order chi connectivity index (χ1) is 10.5. The summed E-state index contributed by atoms with van der Waals surface area (Å²) in [7, 11) is 0. The normalized spacial score (nSPS) is 11.8. The van der Waals surface area contributed by atoms with Crippen LogP contribution in [-0.4, -0.2) is 11.8 Å². The Kier molecular flexibility index (Phi) is 5.33. The molecule has 0 saturated carbocycles. The Bertz CT molecular complexity index is 665. The van der Waals surface area contributed by atoms with Gasteiger partial charge in [-0.2, -0.15) is 0 Å². The topological polar surface area (TPSA) is 58.2 Å². The number of hydrogen-bond acceptors (Lipinski definition) is 3. The van der Waals surface area contributed by atoms with Gasteiger partial charge in [0.25, 0.3) is 0 Å². The molecule has 0 aliphatic heterocycles. The highest BCUT2D eigenvalue weighted by Crippen LogP contribution is 2.23. The molecule has 0 radical (unpaired) electrons. The largest absolute Gasteiger partial charge is 0.348 e. The van der Waals surface area contributed by atoms with Gasteiger partial charge in [-0.05, 0) is 42.5 Å². The Hall–Kier alpha value is -2.14. The third-order valence-corrected chi connectivity index (χ3v) is 4.31. The molecule has 1 atom stereocenters. The molecule has 2 aromatic rings. The average Bonchev–Trinajstić information content (AvgIpc) is 2.95. The van der Waals surface area contributed by atoms with E-state index in [0.717, 1.165) is 21.7 Å². The molecule has 1 aromatic carbocycles. The minimum absolute atomic E-state index is 0.110. The summed E-state index contributed by atoms with van der Waals surface area (Å²) in [6, 6.07) is 9.49. The second-order valence-corrected chi connectivity index (χ2v) is 6.32. The van der Waals surface area contributed by atoms with Gasteiger partial charge < -0.3 is 10.6 Å². The highest BCUT2D eigenvalue weighted by atomic mass is 32.1. The molecule has 0 aliphatic carbocycles. The van der Waals surface area contributed by atoms with Crippen molar-refractivity contribution in [1.82, 2.24) is 5.32 Å². The summed E-state index contributed by atoms with van der Waals surface area (Å²) in [5.74, 6) is -0.251. The number of carbonyl (C=O) groups excluding carboxylic acids is 2. The molecule has 1 aromatic heterocycles. The molecule has 5 heteroatoms. The highest BCUT2D eigenvalue weighted by Gasteiger charge is 2.18. The summed E-state index contributed by atoms with van der Waals surface area (Å²) in [6.45, 7) is 5.41. The first kappa shape index (κ1) is 16.2. The van der Waals surface area contributed by atoms with E-state index in [2.05, 4.69) is 10.6 Å². The van der Waals surface area contributed by atoms with E-state index in [9.17, 15) is 9.59 Å². The second-order valence-electron chi connectivity index (χ2n) is 5.34. The van der Waals surface area contributed by atoms with Gasteiger partial charge >= 0.3 is 0 Å². The first-order valence-corrected chi connectivity index (χ1v) is 8.01. The van der Waals surface area contributed by atoms with E-state index in [-0.39, 0.29) is 24.3 Å². The van der Waals surface area contributed by atoms with E-state index in [1.54, 1.807) is 0 Å². The molecule has 1 heterocycles. The molecular weight excluding hydrogens is 296 g/mol. The number of amides is 2. The van der Waals surface area contributed by atoms with E-state index >= 15 is 0 Å². The van der Waals surface area contributed by atoms with E-state index in [0.29, 0.717) is 0 Å². The van der Waals surface area contributed by atoms with Crippen LogP contribution in [0.25, 0.3) is 0 Å². The van der Waals surface area contributed by atoms with Crippen molar-refractivity contribution in [2.24, 2.45) is 0 Å². The standard InChI is InChI=1S/C17H20N2O2S/c1-11-6-7-12(2)14(9-11)19-17(21)10-15(18-13(3)20)16-5-4-8-22-16/h4-9,15H,10H2,1-3H3,(H,18,20)(H,19,21). The fourth-order valence-corrected chi connectivity index (χ4v) is 2.99. The van der Waals surface area contributed by atoms with Crippen LogP contribution in [0, 0.1) is 13.8 Å². The van der Waals surface area contributed by atoms with Gasteiger partial charge in [0.05, 0.1) is 12.5 Å². The highest BCUT2D eigenvalue weighted by molar-refractivity contribution is 7.10. The van der Waals surface area contributed by atoms with Crippen molar-refractivity contribution in [1.29, 1.82) is 0 Å². The van der Waals surface area contributed by atoms with Gasteiger partial charge in [0.15, 0.2) is 0 Å². The molecule has 116 valence electrons. The van der Waals surface area contributed by atoms with Crippen LogP contribution < -0.4 is 10.6 Å². The van der Waals surface area contributed by atoms with Gasteiger partial charge in [-0.15, -0.1) is 11.3 Å². The lowest BCUT2D eigenvalue weighted by atomic mass is 10.1. The Morgan fingerprint density at radius 2 is 2.00 bits per heavy atom. The van der Waals surface area contributed by atoms with Gasteiger partial charge in [-0.1, -0.05) is 18.2 Å². The molecule has 1 unspecified atom stereocenters. The van der Waals surface area contributed by atoms with Gasteiger partial charge in [0.2, 0.25) is 11.8 Å². The molecule has 2 N–H and O–H groups in total. The van der Waals surface area contributed by atoms with Crippen LogP contribution in [0.1, 0.15) is 35.4 Å². The maximum atomic E-state index is 12.3. The van der Waals surface area contributed by atoms with Crippen LogP contribution in [0.4, 0.5) is 5.69 Å². The molecular formula is C17H20N2O2S. The summed E-state index contributed by atoms with van der Waals surface area (Å²) in [5.41, 5.74) is 2.93. The third-order valence-electron chi connectivity index (χ3n) is 3.32. The van der Waals surface area contributed by atoms with Crippen LogP contribution in [0.5, 0.6) is 0 Å². The van der Waals surface area contributed by atoms with Gasteiger partial charge in [0.1, 0.15) is 0 Å². The minimum Gasteiger partial charge on any atom is -0.348 e. The predicted molar refractivity (Wildman–Crippen MR) is 90.0 cm³/mol. The van der Waals surface area contributed by atoms with Crippen molar-refractivity contribution in [3.05, 3.63) is 51.7 Å². The van der Waals surface area contributed by atoms with Crippen LogP contribution in [-0.2, 0) is 9.59 Å². The number of benzene rings is 1. The number of carbonyl (C=O) groups is 2. The van der Waals surface area contributed by atoms with Crippen molar-refractivity contribution < 1.29 is 9.59 Å².